The minimum atomic E-state index is -0.221. The van der Waals surface area contributed by atoms with Crippen LogP contribution in [-0.4, -0.2) is 19.5 Å². The van der Waals surface area contributed by atoms with E-state index in [4.69, 9.17) is 11.6 Å². The van der Waals surface area contributed by atoms with Crippen LogP contribution in [0, 0.1) is 12.3 Å². The minimum Gasteiger partial charge on any atom is -0.325 e. The molecule has 18 heavy (non-hydrogen) atoms. The lowest BCUT2D eigenvalue weighted by Crippen LogP contribution is -2.48. The zero-order valence-electron chi connectivity index (χ0n) is 10.8. The summed E-state index contributed by atoms with van der Waals surface area (Å²) in [6.07, 6.45) is 3.06. The van der Waals surface area contributed by atoms with E-state index >= 15 is 0 Å². The maximum absolute atomic E-state index is 12.4. The van der Waals surface area contributed by atoms with Crippen molar-refractivity contribution in [1.82, 2.24) is 5.32 Å². The van der Waals surface area contributed by atoms with E-state index in [2.05, 4.69) is 10.6 Å². The van der Waals surface area contributed by atoms with Crippen LogP contribution in [0.25, 0.3) is 0 Å². The van der Waals surface area contributed by atoms with Gasteiger partial charge in [0.1, 0.15) is 0 Å². The number of rotatable bonds is 4. The average Bonchev–Trinajstić information content (AvgIpc) is 2.27. The van der Waals surface area contributed by atoms with Crippen molar-refractivity contribution in [2.75, 3.05) is 18.9 Å². The summed E-state index contributed by atoms with van der Waals surface area (Å²) in [5.74, 6) is 0.119. The van der Waals surface area contributed by atoms with Gasteiger partial charge in [-0.1, -0.05) is 18.0 Å². The molecule has 1 saturated carbocycles. The van der Waals surface area contributed by atoms with E-state index in [0.717, 1.165) is 37.1 Å². The van der Waals surface area contributed by atoms with Gasteiger partial charge in [0.15, 0.2) is 0 Å². The fraction of sp³-hybridized carbons (Fsp3) is 0.500. The third kappa shape index (κ3) is 2.52. The Balaban J connectivity index is 2.11. The molecule has 0 radical (unpaired) electrons. The van der Waals surface area contributed by atoms with Gasteiger partial charge in [-0.15, -0.1) is 0 Å². The van der Waals surface area contributed by atoms with E-state index in [9.17, 15) is 4.79 Å². The molecule has 0 unspecified atom stereocenters. The quantitative estimate of drug-likeness (QED) is 0.880. The first-order chi connectivity index (χ1) is 8.57. The summed E-state index contributed by atoms with van der Waals surface area (Å²) < 4.78 is 0. The Hall–Kier alpha value is -1.06. The van der Waals surface area contributed by atoms with E-state index in [1.165, 1.54) is 0 Å². The summed E-state index contributed by atoms with van der Waals surface area (Å²) in [6, 6.07) is 5.53. The highest BCUT2D eigenvalue weighted by Gasteiger charge is 2.43. The summed E-state index contributed by atoms with van der Waals surface area (Å²) >= 11 is 5.91. The fourth-order valence-electron chi connectivity index (χ4n) is 2.45. The summed E-state index contributed by atoms with van der Waals surface area (Å²) in [7, 11) is 1.89. The van der Waals surface area contributed by atoms with E-state index in [-0.39, 0.29) is 11.3 Å². The molecule has 98 valence electrons. The van der Waals surface area contributed by atoms with E-state index in [1.807, 2.05) is 26.1 Å². The van der Waals surface area contributed by atoms with Crippen LogP contribution in [0.4, 0.5) is 5.69 Å². The molecular formula is C14H19ClN2O. The van der Waals surface area contributed by atoms with Crippen LogP contribution in [0.3, 0.4) is 0 Å². The highest BCUT2D eigenvalue weighted by atomic mass is 35.5. The van der Waals surface area contributed by atoms with Crippen molar-refractivity contribution < 1.29 is 4.79 Å². The number of hydrogen-bond acceptors (Lipinski definition) is 2. The maximum atomic E-state index is 12.4. The summed E-state index contributed by atoms with van der Waals surface area (Å²) in [5.41, 5.74) is 1.63. The molecule has 1 amide bonds. The van der Waals surface area contributed by atoms with E-state index in [0.29, 0.717) is 5.02 Å². The first-order valence-electron chi connectivity index (χ1n) is 6.30. The Kier molecular flexibility index (Phi) is 3.93. The second-order valence-electron chi connectivity index (χ2n) is 5.08. The predicted molar refractivity (Wildman–Crippen MR) is 75.0 cm³/mol. The molecule has 0 atom stereocenters. The van der Waals surface area contributed by atoms with Gasteiger partial charge in [0.2, 0.25) is 5.91 Å². The van der Waals surface area contributed by atoms with E-state index in [1.54, 1.807) is 6.07 Å². The molecule has 1 fully saturated rings. The van der Waals surface area contributed by atoms with Crippen LogP contribution in [-0.2, 0) is 4.79 Å². The van der Waals surface area contributed by atoms with Crippen molar-refractivity contribution in [1.29, 1.82) is 0 Å². The molecule has 0 saturated heterocycles. The molecule has 1 aromatic carbocycles. The largest absolute Gasteiger partial charge is 0.325 e. The molecule has 0 spiro atoms. The van der Waals surface area contributed by atoms with Gasteiger partial charge in [0.05, 0.1) is 5.41 Å². The number of hydrogen-bond donors (Lipinski definition) is 2. The minimum absolute atomic E-state index is 0.119. The van der Waals surface area contributed by atoms with Gasteiger partial charge in [0.25, 0.3) is 0 Å². The van der Waals surface area contributed by atoms with Crippen molar-refractivity contribution >= 4 is 23.2 Å². The third-order valence-corrected chi connectivity index (χ3v) is 3.98. The van der Waals surface area contributed by atoms with Crippen LogP contribution in [0.1, 0.15) is 24.8 Å². The Labute approximate surface area is 113 Å². The highest BCUT2D eigenvalue weighted by molar-refractivity contribution is 6.30. The maximum Gasteiger partial charge on any atom is 0.231 e. The first kappa shape index (κ1) is 13.4. The number of halogens is 1. The standard InChI is InChI=1S/C14H19ClN2O/c1-10-8-11(15)4-5-12(10)17-13(18)14(9-16-2)6-3-7-14/h4-5,8,16H,3,6-7,9H2,1-2H3,(H,17,18). The fourth-order valence-corrected chi connectivity index (χ4v) is 2.67. The lowest BCUT2D eigenvalue weighted by molar-refractivity contribution is -0.129. The molecule has 0 heterocycles. The molecule has 0 bridgehead atoms. The molecule has 2 N–H and O–H groups in total. The van der Waals surface area contributed by atoms with Crippen molar-refractivity contribution in [2.24, 2.45) is 5.41 Å². The van der Waals surface area contributed by atoms with Gasteiger partial charge in [-0.05, 0) is 50.6 Å². The third-order valence-electron chi connectivity index (χ3n) is 3.74. The molecule has 1 aromatic rings. The van der Waals surface area contributed by atoms with Gasteiger partial charge in [0, 0.05) is 17.3 Å². The molecular weight excluding hydrogens is 248 g/mol. The van der Waals surface area contributed by atoms with Crippen LogP contribution >= 0.6 is 11.6 Å². The number of nitrogens with one attached hydrogen (secondary N) is 2. The number of carbonyl (C=O) groups is 1. The van der Waals surface area contributed by atoms with Crippen molar-refractivity contribution in [3.8, 4) is 0 Å². The van der Waals surface area contributed by atoms with Crippen molar-refractivity contribution in [2.45, 2.75) is 26.2 Å². The Bertz CT molecular complexity index is 455. The molecule has 1 aliphatic carbocycles. The van der Waals surface area contributed by atoms with Crippen LogP contribution < -0.4 is 10.6 Å². The lowest BCUT2D eigenvalue weighted by atomic mass is 9.68. The van der Waals surface area contributed by atoms with Crippen molar-refractivity contribution in [3.63, 3.8) is 0 Å². The topological polar surface area (TPSA) is 41.1 Å². The second kappa shape index (κ2) is 5.29. The monoisotopic (exact) mass is 266 g/mol. The van der Waals surface area contributed by atoms with Crippen LogP contribution in [0.2, 0.25) is 5.02 Å². The molecule has 1 aliphatic rings. The van der Waals surface area contributed by atoms with Gasteiger partial charge in [-0.3, -0.25) is 4.79 Å². The predicted octanol–water partition coefficient (Wildman–Crippen LogP) is 2.98. The summed E-state index contributed by atoms with van der Waals surface area (Å²) in [5, 5.41) is 6.84. The average molecular weight is 267 g/mol. The van der Waals surface area contributed by atoms with Crippen LogP contribution in [0.5, 0.6) is 0 Å². The van der Waals surface area contributed by atoms with Gasteiger partial charge >= 0.3 is 0 Å². The second-order valence-corrected chi connectivity index (χ2v) is 5.51. The molecule has 4 heteroatoms. The number of aryl methyl sites for hydroxylation is 1. The summed E-state index contributed by atoms with van der Waals surface area (Å²) in [6.45, 7) is 2.69. The zero-order valence-corrected chi connectivity index (χ0v) is 11.6. The molecule has 3 nitrogen and oxygen atoms in total. The van der Waals surface area contributed by atoms with Gasteiger partial charge in [-0.2, -0.15) is 0 Å². The molecule has 0 aromatic heterocycles. The molecule has 0 aliphatic heterocycles. The number of amides is 1. The number of carbonyl (C=O) groups excluding carboxylic acids is 1. The van der Waals surface area contributed by atoms with Gasteiger partial charge in [-0.25, -0.2) is 0 Å². The Morgan fingerprint density at radius 2 is 2.17 bits per heavy atom. The molecule has 2 rings (SSSR count). The normalized spacial score (nSPS) is 17.1. The van der Waals surface area contributed by atoms with Crippen LogP contribution in [0.15, 0.2) is 18.2 Å². The first-order valence-corrected chi connectivity index (χ1v) is 6.67. The number of anilines is 1. The highest BCUT2D eigenvalue weighted by Crippen LogP contribution is 2.41. The SMILES string of the molecule is CNCC1(C(=O)Nc2ccc(Cl)cc2C)CCC1. The van der Waals surface area contributed by atoms with Crippen molar-refractivity contribution in [3.05, 3.63) is 28.8 Å². The smallest absolute Gasteiger partial charge is 0.231 e. The van der Waals surface area contributed by atoms with E-state index < -0.39 is 0 Å². The Morgan fingerprint density at radius 3 is 2.67 bits per heavy atom. The van der Waals surface area contributed by atoms with Gasteiger partial charge < -0.3 is 10.6 Å². The lowest BCUT2D eigenvalue weighted by Gasteiger charge is -2.40. The zero-order chi connectivity index (χ0) is 13.2. The summed E-state index contributed by atoms with van der Waals surface area (Å²) in [4.78, 5) is 12.4. The Morgan fingerprint density at radius 1 is 1.44 bits per heavy atom. The number of benzene rings is 1.